The lowest BCUT2D eigenvalue weighted by Crippen LogP contribution is -2.43. The lowest BCUT2D eigenvalue weighted by Gasteiger charge is -2.33. The number of hydrogen-bond acceptors (Lipinski definition) is 4. The van der Waals surface area contributed by atoms with Gasteiger partial charge in [-0.15, -0.1) is 0 Å². The van der Waals surface area contributed by atoms with E-state index in [4.69, 9.17) is 0 Å². The number of anilines is 2. The highest BCUT2D eigenvalue weighted by atomic mass is 16.2. The standard InChI is InChI=1S/C32H26N2O4/c1-17-6-10-20(11-7-17)33-28(35)21-12-14-23-27-24(15-13-22(26(21)27)29(33)36)31(38)34(30(23)37)25-16-19(32(3,4)5)9-8-18(25)2/h6-16H,1-5H3. The molecule has 0 aromatic heterocycles. The van der Waals surface area contributed by atoms with Gasteiger partial charge in [0, 0.05) is 33.0 Å². The van der Waals surface area contributed by atoms with Gasteiger partial charge in [-0.3, -0.25) is 19.2 Å². The molecule has 0 radical (unpaired) electrons. The third-order valence-electron chi connectivity index (χ3n) is 7.50. The zero-order valence-corrected chi connectivity index (χ0v) is 21.9. The van der Waals surface area contributed by atoms with Gasteiger partial charge in [-0.2, -0.15) is 0 Å². The Bertz CT molecular complexity index is 1670. The Morgan fingerprint density at radius 3 is 1.45 bits per heavy atom. The molecule has 6 heteroatoms. The van der Waals surface area contributed by atoms with Crippen LogP contribution in [0.4, 0.5) is 11.4 Å². The van der Waals surface area contributed by atoms with Gasteiger partial charge in [0.05, 0.1) is 11.4 Å². The van der Waals surface area contributed by atoms with Crippen LogP contribution in [-0.4, -0.2) is 23.6 Å². The van der Waals surface area contributed by atoms with Gasteiger partial charge in [0.25, 0.3) is 23.6 Å². The monoisotopic (exact) mass is 502 g/mol. The average molecular weight is 503 g/mol. The fourth-order valence-corrected chi connectivity index (χ4v) is 5.34. The topological polar surface area (TPSA) is 74.8 Å². The van der Waals surface area contributed by atoms with E-state index in [0.29, 0.717) is 44.4 Å². The van der Waals surface area contributed by atoms with Gasteiger partial charge in [0.1, 0.15) is 0 Å². The van der Waals surface area contributed by atoms with Crippen molar-refractivity contribution in [3.63, 3.8) is 0 Å². The Morgan fingerprint density at radius 2 is 1.00 bits per heavy atom. The van der Waals surface area contributed by atoms with Crippen LogP contribution >= 0.6 is 0 Å². The first-order chi connectivity index (χ1) is 18.0. The van der Waals surface area contributed by atoms with Crippen LogP contribution in [0.25, 0.3) is 10.8 Å². The van der Waals surface area contributed by atoms with E-state index >= 15 is 0 Å². The van der Waals surface area contributed by atoms with Crippen molar-refractivity contribution in [2.45, 2.75) is 40.0 Å². The average Bonchev–Trinajstić information content (AvgIpc) is 2.87. The molecule has 6 rings (SSSR count). The molecule has 0 saturated heterocycles. The highest BCUT2D eigenvalue weighted by Gasteiger charge is 2.41. The van der Waals surface area contributed by atoms with Crippen LogP contribution in [0.15, 0.2) is 66.7 Å². The number of aryl methyl sites for hydroxylation is 2. The maximum atomic E-state index is 13.9. The number of benzene rings is 4. The van der Waals surface area contributed by atoms with Crippen molar-refractivity contribution in [2.24, 2.45) is 0 Å². The zero-order valence-electron chi connectivity index (χ0n) is 21.9. The summed E-state index contributed by atoms with van der Waals surface area (Å²) in [6.07, 6.45) is 0. The predicted octanol–water partition coefficient (Wildman–Crippen LogP) is 6.36. The van der Waals surface area contributed by atoms with Gasteiger partial charge in [0.2, 0.25) is 0 Å². The van der Waals surface area contributed by atoms with Gasteiger partial charge in [-0.05, 0) is 72.9 Å². The molecule has 188 valence electrons. The lowest BCUT2D eigenvalue weighted by molar-refractivity contribution is 0.0873. The number of carbonyl (C=O) groups is 4. The first-order valence-electron chi connectivity index (χ1n) is 12.5. The lowest BCUT2D eigenvalue weighted by atomic mass is 9.84. The van der Waals surface area contributed by atoms with Crippen LogP contribution in [0, 0.1) is 13.8 Å². The molecule has 2 aliphatic heterocycles. The minimum Gasteiger partial charge on any atom is -0.268 e. The van der Waals surface area contributed by atoms with Crippen molar-refractivity contribution in [1.29, 1.82) is 0 Å². The maximum Gasteiger partial charge on any atom is 0.265 e. The molecule has 4 amide bonds. The molecule has 0 atom stereocenters. The molecular formula is C32H26N2O4. The van der Waals surface area contributed by atoms with E-state index in [1.165, 1.54) is 4.90 Å². The number of carbonyl (C=O) groups excluding carboxylic acids is 4. The van der Waals surface area contributed by atoms with Gasteiger partial charge < -0.3 is 0 Å². The van der Waals surface area contributed by atoms with E-state index in [0.717, 1.165) is 21.6 Å². The molecule has 4 aromatic rings. The summed E-state index contributed by atoms with van der Waals surface area (Å²) in [5, 5.41) is 0.723. The van der Waals surface area contributed by atoms with E-state index in [9.17, 15) is 19.2 Å². The number of imide groups is 2. The first-order valence-corrected chi connectivity index (χ1v) is 12.5. The fraction of sp³-hybridized carbons (Fsp3) is 0.188. The first kappa shape index (κ1) is 23.8. The largest absolute Gasteiger partial charge is 0.268 e. The van der Waals surface area contributed by atoms with Gasteiger partial charge in [-0.25, -0.2) is 9.80 Å². The summed E-state index contributed by atoms with van der Waals surface area (Å²) in [7, 11) is 0. The van der Waals surface area contributed by atoms with Crippen LogP contribution in [-0.2, 0) is 5.41 Å². The van der Waals surface area contributed by atoms with Crippen molar-refractivity contribution in [3.05, 3.63) is 106 Å². The smallest absolute Gasteiger partial charge is 0.265 e. The van der Waals surface area contributed by atoms with Gasteiger partial charge in [0.15, 0.2) is 0 Å². The molecule has 38 heavy (non-hydrogen) atoms. The van der Waals surface area contributed by atoms with E-state index in [1.54, 1.807) is 36.4 Å². The Morgan fingerprint density at radius 1 is 0.553 bits per heavy atom. The second-order valence-corrected chi connectivity index (χ2v) is 11.0. The van der Waals surface area contributed by atoms with Crippen molar-refractivity contribution >= 4 is 45.8 Å². The second kappa shape index (κ2) is 7.96. The molecule has 2 heterocycles. The van der Waals surface area contributed by atoms with Gasteiger partial charge in [-0.1, -0.05) is 50.6 Å². The summed E-state index contributed by atoms with van der Waals surface area (Å²) in [5.41, 5.74) is 4.81. The molecule has 0 fully saturated rings. The predicted molar refractivity (Wildman–Crippen MR) is 147 cm³/mol. The summed E-state index contributed by atoms with van der Waals surface area (Å²) < 4.78 is 0. The Kier molecular flexibility index (Phi) is 4.98. The van der Waals surface area contributed by atoms with Crippen molar-refractivity contribution in [3.8, 4) is 0 Å². The summed E-state index contributed by atoms with van der Waals surface area (Å²) in [6, 6.07) is 19.3. The van der Waals surface area contributed by atoms with E-state index in [1.807, 2.05) is 44.2 Å². The van der Waals surface area contributed by atoms with Crippen LogP contribution in [0.5, 0.6) is 0 Å². The molecule has 0 spiro atoms. The Balaban J connectivity index is 1.53. The molecule has 6 nitrogen and oxygen atoms in total. The van der Waals surface area contributed by atoms with E-state index in [2.05, 4.69) is 20.8 Å². The fourth-order valence-electron chi connectivity index (χ4n) is 5.34. The molecule has 0 N–H and O–H groups in total. The SMILES string of the molecule is Cc1ccc(N2C(=O)c3ccc4c5c(ccc(c35)C2=O)C(=O)N(c2cc(C(C)(C)C)ccc2C)C4=O)cc1. The third kappa shape index (κ3) is 3.26. The Labute approximate surface area is 220 Å². The summed E-state index contributed by atoms with van der Waals surface area (Å²) in [5.74, 6) is -1.90. The highest BCUT2D eigenvalue weighted by Crippen LogP contribution is 2.41. The van der Waals surface area contributed by atoms with Crippen LogP contribution in [0.2, 0.25) is 0 Å². The minimum absolute atomic E-state index is 0.174. The molecular weight excluding hydrogens is 476 g/mol. The quantitative estimate of drug-likeness (QED) is 0.299. The molecule has 0 aliphatic carbocycles. The van der Waals surface area contributed by atoms with E-state index in [-0.39, 0.29) is 5.41 Å². The van der Waals surface area contributed by atoms with Crippen molar-refractivity contribution in [2.75, 3.05) is 9.80 Å². The van der Waals surface area contributed by atoms with Gasteiger partial charge >= 0.3 is 0 Å². The number of rotatable bonds is 2. The maximum absolute atomic E-state index is 13.9. The summed E-state index contributed by atoms with van der Waals surface area (Å²) >= 11 is 0. The van der Waals surface area contributed by atoms with Crippen LogP contribution in [0.1, 0.15) is 78.9 Å². The highest BCUT2D eigenvalue weighted by molar-refractivity contribution is 6.42. The third-order valence-corrected chi connectivity index (χ3v) is 7.50. The Hall–Kier alpha value is -4.58. The minimum atomic E-state index is -0.480. The van der Waals surface area contributed by atoms with Crippen LogP contribution < -0.4 is 9.80 Å². The molecule has 0 bridgehead atoms. The van der Waals surface area contributed by atoms with Crippen molar-refractivity contribution in [1.82, 2.24) is 0 Å². The number of hydrogen-bond donors (Lipinski definition) is 0. The molecule has 4 aromatic carbocycles. The number of nitrogens with zero attached hydrogens (tertiary/aromatic N) is 2. The van der Waals surface area contributed by atoms with Crippen LogP contribution in [0.3, 0.4) is 0 Å². The van der Waals surface area contributed by atoms with E-state index < -0.39 is 23.6 Å². The number of amides is 4. The second-order valence-electron chi connectivity index (χ2n) is 11.0. The zero-order chi connectivity index (χ0) is 27.1. The van der Waals surface area contributed by atoms with Crippen molar-refractivity contribution < 1.29 is 19.2 Å². The normalized spacial score (nSPS) is 15.1. The molecule has 0 unspecified atom stereocenters. The summed E-state index contributed by atoms with van der Waals surface area (Å²) in [6.45, 7) is 10.0. The molecule has 0 saturated carbocycles. The summed E-state index contributed by atoms with van der Waals surface area (Å²) in [4.78, 5) is 57.2. The molecule has 2 aliphatic rings.